The predicted octanol–water partition coefficient (Wildman–Crippen LogP) is -1.55. The molecule has 34 heavy (non-hydrogen) atoms. The van der Waals surface area contributed by atoms with Gasteiger partial charge in [0.25, 0.3) is 0 Å². The first kappa shape index (κ1) is 28.7. The highest BCUT2D eigenvalue weighted by molar-refractivity contribution is 7.98. The van der Waals surface area contributed by atoms with Gasteiger partial charge in [-0.25, -0.2) is 4.79 Å². The molecule has 0 radical (unpaired) electrons. The maximum atomic E-state index is 13.0. The Morgan fingerprint density at radius 2 is 1.53 bits per heavy atom. The lowest BCUT2D eigenvalue weighted by molar-refractivity contribution is -0.142. The summed E-state index contributed by atoms with van der Waals surface area (Å²) in [5.41, 5.74) is 11.0. The van der Waals surface area contributed by atoms with Gasteiger partial charge in [-0.2, -0.15) is 11.8 Å². The molecule has 0 heterocycles. The van der Waals surface area contributed by atoms with E-state index < -0.39 is 47.7 Å². The number of carboxylic acids is 1. The minimum absolute atomic E-state index is 0.00723. The monoisotopic (exact) mass is 497 g/mol. The van der Waals surface area contributed by atoms with E-state index >= 15 is 0 Å². The molecule has 188 valence electrons. The predicted molar refractivity (Wildman–Crippen MR) is 126 cm³/mol. The van der Waals surface area contributed by atoms with Gasteiger partial charge in [-0.1, -0.05) is 12.1 Å². The molecule has 0 saturated heterocycles. The summed E-state index contributed by atoms with van der Waals surface area (Å²) < 4.78 is 0. The molecule has 1 aromatic carbocycles. The summed E-state index contributed by atoms with van der Waals surface area (Å²) in [5, 5.41) is 26.3. The van der Waals surface area contributed by atoms with E-state index in [1.54, 1.807) is 12.1 Å². The van der Waals surface area contributed by atoms with E-state index in [9.17, 15) is 34.2 Å². The summed E-state index contributed by atoms with van der Waals surface area (Å²) in [5.74, 6) is -3.51. The molecule has 1 aromatic rings. The zero-order valence-electron chi connectivity index (χ0n) is 18.8. The SMILES string of the molecule is CSCCC(NC(=O)CN)C(=O)NC(Cc1ccc(O)cc1)C(=O)NC(CCC(N)=O)C(=O)O. The molecule has 3 atom stereocenters. The van der Waals surface area contributed by atoms with Gasteiger partial charge in [-0.05, 0) is 42.5 Å². The number of nitrogens with one attached hydrogen (secondary N) is 3. The molecule has 0 saturated carbocycles. The van der Waals surface area contributed by atoms with Crippen LogP contribution in [0.25, 0.3) is 0 Å². The molecule has 12 nitrogen and oxygen atoms in total. The van der Waals surface area contributed by atoms with E-state index in [0.29, 0.717) is 11.3 Å². The quantitative estimate of drug-likeness (QED) is 0.149. The molecule has 0 spiro atoms. The number of hydrogen-bond donors (Lipinski definition) is 7. The Morgan fingerprint density at radius 3 is 2.06 bits per heavy atom. The van der Waals surface area contributed by atoms with Crippen LogP contribution in [-0.2, 0) is 30.4 Å². The second-order valence-electron chi connectivity index (χ2n) is 7.44. The highest BCUT2D eigenvalue weighted by Crippen LogP contribution is 2.12. The van der Waals surface area contributed by atoms with E-state index in [-0.39, 0.29) is 38.0 Å². The number of aromatic hydroxyl groups is 1. The molecule has 0 bridgehead atoms. The van der Waals surface area contributed by atoms with E-state index in [1.165, 1.54) is 23.9 Å². The smallest absolute Gasteiger partial charge is 0.326 e. The van der Waals surface area contributed by atoms with E-state index in [1.807, 2.05) is 6.26 Å². The summed E-state index contributed by atoms with van der Waals surface area (Å²) >= 11 is 1.46. The van der Waals surface area contributed by atoms with Crippen molar-refractivity contribution in [2.24, 2.45) is 11.5 Å². The van der Waals surface area contributed by atoms with Gasteiger partial charge in [0, 0.05) is 12.8 Å². The summed E-state index contributed by atoms with van der Waals surface area (Å²) in [6.07, 6.45) is 1.61. The van der Waals surface area contributed by atoms with Gasteiger partial charge in [-0.3, -0.25) is 19.2 Å². The minimum Gasteiger partial charge on any atom is -0.508 e. The highest BCUT2D eigenvalue weighted by Gasteiger charge is 2.29. The molecule has 0 fully saturated rings. The fraction of sp³-hybridized carbons (Fsp3) is 0.476. The standard InChI is InChI=1S/C21H31N5O7S/c1-34-9-8-14(24-18(29)11-22)19(30)26-16(10-12-2-4-13(27)5-3-12)20(31)25-15(21(32)33)6-7-17(23)28/h2-5,14-16,27H,6-11,22H2,1H3,(H2,23,28)(H,24,29)(H,25,31)(H,26,30)(H,32,33). The van der Waals surface area contributed by atoms with Gasteiger partial charge < -0.3 is 37.6 Å². The minimum atomic E-state index is -1.40. The summed E-state index contributed by atoms with van der Waals surface area (Å²) in [6.45, 7) is -0.319. The van der Waals surface area contributed by atoms with Crippen LogP contribution in [0, 0.1) is 0 Å². The average Bonchev–Trinajstić information content (AvgIpc) is 2.79. The highest BCUT2D eigenvalue weighted by atomic mass is 32.2. The first-order valence-corrected chi connectivity index (χ1v) is 11.8. The molecule has 1 rings (SSSR count). The molecule has 0 aliphatic carbocycles. The molecular formula is C21H31N5O7S. The van der Waals surface area contributed by atoms with Crippen molar-refractivity contribution in [2.75, 3.05) is 18.6 Å². The fourth-order valence-corrected chi connectivity index (χ4v) is 3.39. The third kappa shape index (κ3) is 10.5. The number of carboxylic acid groups (broad SMARTS) is 1. The molecule has 9 N–H and O–H groups in total. The number of phenolic OH excluding ortho intramolecular Hbond substituents is 1. The van der Waals surface area contributed by atoms with Crippen molar-refractivity contribution >= 4 is 41.4 Å². The Bertz CT molecular complexity index is 866. The molecule has 3 unspecified atom stereocenters. The van der Waals surface area contributed by atoms with Crippen LogP contribution in [0.5, 0.6) is 5.75 Å². The lowest BCUT2D eigenvalue weighted by Crippen LogP contribution is -2.57. The van der Waals surface area contributed by atoms with Gasteiger partial charge in [0.2, 0.25) is 23.6 Å². The van der Waals surface area contributed by atoms with Gasteiger partial charge in [0.15, 0.2) is 0 Å². The first-order chi connectivity index (χ1) is 16.1. The normalized spacial score (nSPS) is 13.2. The van der Waals surface area contributed by atoms with E-state index in [0.717, 1.165) is 0 Å². The lowest BCUT2D eigenvalue weighted by Gasteiger charge is -2.24. The van der Waals surface area contributed by atoms with Gasteiger partial charge in [0.05, 0.1) is 6.54 Å². The second-order valence-corrected chi connectivity index (χ2v) is 8.43. The average molecular weight is 498 g/mol. The number of rotatable bonds is 15. The Labute approximate surface area is 201 Å². The first-order valence-electron chi connectivity index (χ1n) is 10.5. The molecule has 13 heteroatoms. The third-order valence-electron chi connectivity index (χ3n) is 4.75. The van der Waals surface area contributed by atoms with Crippen molar-refractivity contribution < 1.29 is 34.2 Å². The Kier molecular flexibility index (Phi) is 12.5. The number of phenols is 1. The van der Waals surface area contributed by atoms with Crippen molar-refractivity contribution in [1.82, 2.24) is 16.0 Å². The number of benzene rings is 1. The van der Waals surface area contributed by atoms with Crippen LogP contribution in [-0.4, -0.2) is 76.5 Å². The number of aliphatic carboxylic acids is 1. The topological polar surface area (TPSA) is 214 Å². The van der Waals surface area contributed by atoms with Crippen LogP contribution in [0.15, 0.2) is 24.3 Å². The van der Waals surface area contributed by atoms with Crippen molar-refractivity contribution in [3.63, 3.8) is 0 Å². The summed E-state index contributed by atoms with van der Waals surface area (Å²) in [7, 11) is 0. The second kappa shape index (κ2) is 14.8. The maximum absolute atomic E-state index is 13.0. The number of carbonyl (C=O) groups is 5. The number of amides is 4. The maximum Gasteiger partial charge on any atom is 0.326 e. The fourth-order valence-electron chi connectivity index (χ4n) is 2.92. The number of hydrogen-bond acceptors (Lipinski definition) is 8. The van der Waals surface area contributed by atoms with Crippen molar-refractivity contribution in [2.45, 2.75) is 43.8 Å². The van der Waals surface area contributed by atoms with Crippen molar-refractivity contribution in [3.8, 4) is 5.75 Å². The van der Waals surface area contributed by atoms with Crippen LogP contribution in [0.1, 0.15) is 24.8 Å². The number of carbonyl (C=O) groups excluding carboxylic acids is 4. The van der Waals surface area contributed by atoms with Crippen LogP contribution in [0.3, 0.4) is 0 Å². The molecule has 0 aromatic heterocycles. The van der Waals surface area contributed by atoms with Gasteiger partial charge in [-0.15, -0.1) is 0 Å². The molecule has 0 aliphatic rings. The number of nitrogens with two attached hydrogens (primary N) is 2. The zero-order chi connectivity index (χ0) is 25.7. The van der Waals surface area contributed by atoms with Crippen LogP contribution >= 0.6 is 11.8 Å². The Morgan fingerprint density at radius 1 is 0.941 bits per heavy atom. The van der Waals surface area contributed by atoms with Crippen LogP contribution in [0.4, 0.5) is 0 Å². The van der Waals surface area contributed by atoms with Gasteiger partial charge in [0.1, 0.15) is 23.9 Å². The van der Waals surface area contributed by atoms with E-state index in [2.05, 4.69) is 16.0 Å². The lowest BCUT2D eigenvalue weighted by atomic mass is 10.0. The van der Waals surface area contributed by atoms with Gasteiger partial charge >= 0.3 is 5.97 Å². The van der Waals surface area contributed by atoms with Crippen molar-refractivity contribution in [1.29, 1.82) is 0 Å². The van der Waals surface area contributed by atoms with E-state index in [4.69, 9.17) is 11.5 Å². The van der Waals surface area contributed by atoms with Crippen molar-refractivity contribution in [3.05, 3.63) is 29.8 Å². The zero-order valence-corrected chi connectivity index (χ0v) is 19.6. The molecule has 4 amide bonds. The van der Waals surface area contributed by atoms with Crippen LogP contribution < -0.4 is 27.4 Å². The Balaban J connectivity index is 3.09. The Hall–Kier alpha value is -3.32. The third-order valence-corrected chi connectivity index (χ3v) is 5.39. The number of thioether (sulfide) groups is 1. The summed E-state index contributed by atoms with van der Waals surface area (Å²) in [6, 6.07) is 2.34. The molecule has 0 aliphatic heterocycles. The summed E-state index contributed by atoms with van der Waals surface area (Å²) in [4.78, 5) is 60.2. The number of primary amides is 1. The largest absolute Gasteiger partial charge is 0.508 e. The molecular weight excluding hydrogens is 466 g/mol. The van der Waals surface area contributed by atoms with Crippen LogP contribution in [0.2, 0.25) is 0 Å².